The predicted octanol–water partition coefficient (Wildman–Crippen LogP) is 3.63. The minimum atomic E-state index is -2.13. The Morgan fingerprint density at radius 2 is 1.25 bits per heavy atom. The molecule has 0 amide bonds. The Labute approximate surface area is 110 Å². The maximum Gasteiger partial charge on any atom is 0.313 e. The highest BCUT2D eigenvalue weighted by Gasteiger charge is 2.39. The lowest BCUT2D eigenvalue weighted by Crippen LogP contribution is -2.53. The van der Waals surface area contributed by atoms with Gasteiger partial charge in [-0.2, -0.15) is 0 Å². The fraction of sp³-hybridized carbons (Fsp3) is 1.00. The normalized spacial score (nSPS) is 14.6. The summed E-state index contributed by atoms with van der Waals surface area (Å²) in [5.41, 5.74) is 0. The van der Waals surface area contributed by atoms with Crippen molar-refractivity contribution in [3.63, 3.8) is 0 Å². The Morgan fingerprint density at radius 1 is 0.812 bits per heavy atom. The number of hydrogen-bond acceptors (Lipinski definition) is 3. The molecule has 0 aliphatic carbocycles. The van der Waals surface area contributed by atoms with Crippen LogP contribution in [0.4, 0.5) is 0 Å². The number of halogens is 1. The van der Waals surface area contributed by atoms with Gasteiger partial charge in [0.2, 0.25) is 0 Å². The third kappa shape index (κ3) is 9.11. The van der Waals surface area contributed by atoms with Gasteiger partial charge in [-0.1, -0.05) is 0 Å². The van der Waals surface area contributed by atoms with E-state index in [1.807, 2.05) is 19.6 Å². The van der Waals surface area contributed by atoms with Crippen molar-refractivity contribution in [3.8, 4) is 0 Å². The van der Waals surface area contributed by atoms with Gasteiger partial charge in [-0.25, -0.2) is 0 Å². The van der Waals surface area contributed by atoms with E-state index < -0.39 is 33.8 Å². The van der Waals surface area contributed by atoms with Gasteiger partial charge >= 0.3 is 25.5 Å². The Kier molecular flexibility index (Phi) is 6.16. The van der Waals surface area contributed by atoms with Gasteiger partial charge in [0.1, 0.15) is 0 Å². The smallest absolute Gasteiger partial charge is 0.313 e. The summed E-state index contributed by atoms with van der Waals surface area (Å²) in [6, 6.07) is 0. The summed E-state index contributed by atoms with van der Waals surface area (Å²) in [5, 5.41) is 0. The molecule has 3 nitrogen and oxygen atoms in total. The molecular weight excluding hydrogens is 292 g/mol. The molecule has 0 spiro atoms. The Bertz CT molecular complexity index is 228. The van der Waals surface area contributed by atoms with Gasteiger partial charge in [0.15, 0.2) is 8.32 Å². The first-order valence-electron chi connectivity index (χ1n) is 5.41. The fourth-order valence-corrected chi connectivity index (χ4v) is 17.8. The maximum atomic E-state index is 6.12. The highest BCUT2D eigenvalue weighted by atomic mass is 35.6. The van der Waals surface area contributed by atoms with Gasteiger partial charge in [-0.15, -0.1) is 11.1 Å². The van der Waals surface area contributed by atoms with Gasteiger partial charge in [-0.05, 0) is 52.4 Å². The molecule has 1 radical (unpaired) electrons. The van der Waals surface area contributed by atoms with Crippen LogP contribution in [0.1, 0.15) is 0 Å². The number of rotatable bonds is 6. The zero-order valence-electron chi connectivity index (χ0n) is 11.6. The van der Waals surface area contributed by atoms with Crippen molar-refractivity contribution in [2.45, 2.75) is 52.4 Å². The van der Waals surface area contributed by atoms with E-state index in [9.17, 15) is 0 Å². The van der Waals surface area contributed by atoms with Crippen LogP contribution in [-0.4, -0.2) is 33.8 Å². The first-order chi connectivity index (χ1) is 6.83. The van der Waals surface area contributed by atoms with E-state index in [0.717, 1.165) is 0 Å². The average Bonchev–Trinajstić information content (AvgIpc) is 1.69. The molecule has 0 saturated carbocycles. The van der Waals surface area contributed by atoms with Crippen LogP contribution >= 0.6 is 11.1 Å². The van der Waals surface area contributed by atoms with Crippen molar-refractivity contribution in [1.29, 1.82) is 0 Å². The SMILES string of the molecule is C[Si](Cl)O[Si](C)(C)O[Si](C)(C)O[Si](C)(C)C. The molecule has 8 heteroatoms. The summed E-state index contributed by atoms with van der Waals surface area (Å²) in [6.07, 6.45) is 0. The first kappa shape index (κ1) is 17.0. The quantitative estimate of drug-likeness (QED) is 0.553. The molecule has 16 heavy (non-hydrogen) atoms. The van der Waals surface area contributed by atoms with Gasteiger partial charge in [0.05, 0.1) is 0 Å². The monoisotopic (exact) mass is 315 g/mol. The van der Waals surface area contributed by atoms with E-state index in [-0.39, 0.29) is 0 Å². The standard InChI is InChI=1S/C8H24ClO3Si4/c1-13(9)10-15(5,6)12-16(7,8)11-14(2,3)4/h1-8H3. The van der Waals surface area contributed by atoms with E-state index in [1.54, 1.807) is 0 Å². The van der Waals surface area contributed by atoms with E-state index in [0.29, 0.717) is 0 Å². The minimum absolute atomic E-state index is 1.22. The van der Waals surface area contributed by atoms with Crippen molar-refractivity contribution < 1.29 is 12.3 Å². The minimum Gasteiger partial charge on any atom is -0.437 e. The molecule has 0 rings (SSSR count). The van der Waals surface area contributed by atoms with Crippen molar-refractivity contribution in [2.24, 2.45) is 0 Å². The summed E-state index contributed by atoms with van der Waals surface area (Å²) in [5.74, 6) is 0. The second kappa shape index (κ2) is 5.79. The largest absolute Gasteiger partial charge is 0.437 e. The molecule has 0 aromatic carbocycles. The molecule has 0 saturated heterocycles. The maximum absolute atomic E-state index is 6.12. The summed E-state index contributed by atoms with van der Waals surface area (Å²) in [6.45, 7) is 16.7. The highest BCUT2D eigenvalue weighted by molar-refractivity contribution is 7.05. The molecule has 0 fully saturated rings. The third-order valence-corrected chi connectivity index (χ3v) is 13.6. The lowest BCUT2D eigenvalue weighted by atomic mass is 11.8. The molecule has 0 unspecified atom stereocenters. The molecule has 97 valence electrons. The van der Waals surface area contributed by atoms with E-state index >= 15 is 0 Å². The zero-order valence-corrected chi connectivity index (χ0v) is 16.4. The summed E-state index contributed by atoms with van der Waals surface area (Å²) >= 11 is 5.94. The molecule has 0 aliphatic rings. The number of hydrogen-bond donors (Lipinski definition) is 0. The summed E-state index contributed by atoms with van der Waals surface area (Å²) in [4.78, 5) is 0. The van der Waals surface area contributed by atoms with Gasteiger partial charge < -0.3 is 12.3 Å². The van der Waals surface area contributed by atoms with E-state index in [2.05, 4.69) is 32.7 Å². The van der Waals surface area contributed by atoms with Crippen LogP contribution in [0.3, 0.4) is 0 Å². The summed E-state index contributed by atoms with van der Waals surface area (Å²) < 4.78 is 18.0. The Morgan fingerprint density at radius 3 is 1.56 bits per heavy atom. The highest BCUT2D eigenvalue weighted by Crippen LogP contribution is 2.21. The van der Waals surface area contributed by atoms with Gasteiger partial charge in [-0.3, -0.25) is 0 Å². The van der Waals surface area contributed by atoms with Crippen molar-refractivity contribution >= 4 is 44.9 Å². The molecule has 0 aromatic rings. The molecule has 0 aromatic heterocycles. The van der Waals surface area contributed by atoms with Crippen LogP contribution in [-0.2, 0) is 12.3 Å². The van der Waals surface area contributed by atoms with Crippen LogP contribution in [0.25, 0.3) is 0 Å². The Balaban J connectivity index is 4.45. The second-order valence-electron chi connectivity index (χ2n) is 5.69. The average molecular weight is 316 g/mol. The van der Waals surface area contributed by atoms with Crippen LogP contribution in [0.5, 0.6) is 0 Å². The first-order valence-corrected chi connectivity index (χ1v) is 17.4. The molecule has 0 bridgehead atoms. The van der Waals surface area contributed by atoms with Crippen LogP contribution in [0.15, 0.2) is 0 Å². The topological polar surface area (TPSA) is 27.7 Å². The summed E-state index contributed by atoms with van der Waals surface area (Å²) in [7, 11) is -6.99. The van der Waals surface area contributed by atoms with Gasteiger partial charge in [0, 0.05) is 0 Å². The third-order valence-electron chi connectivity index (χ3n) is 1.43. The molecule has 0 heterocycles. The van der Waals surface area contributed by atoms with E-state index in [1.165, 1.54) is 0 Å². The molecule has 0 aliphatic heterocycles. The van der Waals surface area contributed by atoms with Crippen LogP contribution in [0, 0.1) is 0 Å². The predicted molar refractivity (Wildman–Crippen MR) is 79.0 cm³/mol. The van der Waals surface area contributed by atoms with Crippen LogP contribution < -0.4 is 0 Å². The van der Waals surface area contributed by atoms with Crippen molar-refractivity contribution in [3.05, 3.63) is 0 Å². The zero-order chi connectivity index (χ0) is 13.2. The Hall–Kier alpha value is 1.04. The van der Waals surface area contributed by atoms with E-state index in [4.69, 9.17) is 23.4 Å². The van der Waals surface area contributed by atoms with Gasteiger partial charge in [0.25, 0.3) is 0 Å². The fourth-order valence-electron chi connectivity index (χ4n) is 1.71. The lowest BCUT2D eigenvalue weighted by molar-refractivity contribution is 0.337. The molecule has 0 atom stereocenters. The van der Waals surface area contributed by atoms with Crippen molar-refractivity contribution in [2.75, 3.05) is 0 Å². The second-order valence-corrected chi connectivity index (χ2v) is 20.5. The molecular formula is C8H24ClO3Si4. The van der Waals surface area contributed by atoms with Crippen LogP contribution in [0.2, 0.25) is 52.4 Å². The van der Waals surface area contributed by atoms with Crippen molar-refractivity contribution in [1.82, 2.24) is 0 Å². The molecule has 0 N–H and O–H groups in total. The lowest BCUT2D eigenvalue weighted by Gasteiger charge is -2.37.